The molecule has 2 amide bonds. The minimum atomic E-state index is -0.713. The largest absolute Gasteiger partial charge is 0.462 e. The van der Waals surface area contributed by atoms with E-state index in [1.807, 2.05) is 0 Å². The summed E-state index contributed by atoms with van der Waals surface area (Å²) < 4.78 is 10.4. The third-order valence-corrected chi connectivity index (χ3v) is 5.75. The molecular weight excluding hydrogens is 464 g/mol. The molecular formula is C27H30N2O7. The number of carbonyl (C=O) groups excluding carboxylic acids is 5. The van der Waals surface area contributed by atoms with Gasteiger partial charge in [0, 0.05) is 29.9 Å². The first-order chi connectivity index (χ1) is 17.3. The van der Waals surface area contributed by atoms with Crippen LogP contribution in [0, 0.1) is 5.92 Å². The maximum Gasteiger partial charge on any atom is 0.338 e. The van der Waals surface area contributed by atoms with Crippen LogP contribution in [0.1, 0.15) is 60.2 Å². The van der Waals surface area contributed by atoms with Crippen LogP contribution in [0.2, 0.25) is 0 Å². The molecule has 0 unspecified atom stereocenters. The number of nitrogens with zero attached hydrogens (tertiary/aromatic N) is 1. The zero-order chi connectivity index (χ0) is 26.1. The topological polar surface area (TPSA) is 119 Å². The molecule has 2 aromatic rings. The average Bonchev–Trinajstić information content (AvgIpc) is 3.27. The second-order valence-electron chi connectivity index (χ2n) is 8.59. The number of hydrogen-bond donors (Lipinski definition) is 1. The summed E-state index contributed by atoms with van der Waals surface area (Å²) in [5, 5.41) is 2.58. The Labute approximate surface area is 209 Å². The quantitative estimate of drug-likeness (QED) is 0.287. The molecule has 1 aliphatic rings. The van der Waals surface area contributed by atoms with Crippen LogP contribution in [-0.2, 0) is 23.9 Å². The fourth-order valence-corrected chi connectivity index (χ4v) is 3.76. The zero-order valence-electron chi connectivity index (χ0n) is 20.5. The monoisotopic (exact) mass is 494 g/mol. The second kappa shape index (κ2) is 12.6. The third kappa shape index (κ3) is 7.24. The standard InChI is InChI=1S/C27H30N2O7/c1-3-4-5-13-35-26(33)19-9-11-23(12-10-19)29-16-21(15-25(29)32)27(34)36-17-24(31)28-22-8-6-7-20(14-22)18(2)30/h6-12,14,21H,3-5,13,15-17H2,1-2H3,(H,28,31)/t21-/m1/s1. The van der Waals surface area contributed by atoms with E-state index in [0.29, 0.717) is 29.1 Å². The first kappa shape index (κ1) is 26.6. The van der Waals surface area contributed by atoms with Gasteiger partial charge >= 0.3 is 11.9 Å². The maximum atomic E-state index is 12.5. The number of ether oxygens (including phenoxy) is 2. The number of carbonyl (C=O) groups is 5. The van der Waals surface area contributed by atoms with Crippen molar-refractivity contribution in [3.05, 3.63) is 59.7 Å². The molecule has 0 spiro atoms. The van der Waals surface area contributed by atoms with Crippen molar-refractivity contribution in [3.8, 4) is 0 Å². The van der Waals surface area contributed by atoms with Crippen LogP contribution in [0.5, 0.6) is 0 Å². The van der Waals surface area contributed by atoms with E-state index in [9.17, 15) is 24.0 Å². The molecule has 1 fully saturated rings. The number of anilines is 2. The Balaban J connectivity index is 1.49. The number of esters is 2. The highest BCUT2D eigenvalue weighted by molar-refractivity contribution is 6.01. The Bertz CT molecular complexity index is 1130. The molecule has 1 heterocycles. The summed E-state index contributed by atoms with van der Waals surface area (Å²) in [6.45, 7) is 3.46. The van der Waals surface area contributed by atoms with Crippen molar-refractivity contribution in [2.45, 2.75) is 39.5 Å². The lowest BCUT2D eigenvalue weighted by atomic mass is 10.1. The lowest BCUT2D eigenvalue weighted by Gasteiger charge is -2.17. The summed E-state index contributed by atoms with van der Waals surface area (Å²) in [7, 11) is 0. The van der Waals surface area contributed by atoms with Crippen LogP contribution in [0.15, 0.2) is 48.5 Å². The minimum absolute atomic E-state index is 0.0394. The van der Waals surface area contributed by atoms with E-state index in [2.05, 4.69) is 12.2 Å². The van der Waals surface area contributed by atoms with Crippen LogP contribution in [0.3, 0.4) is 0 Å². The highest BCUT2D eigenvalue weighted by Gasteiger charge is 2.36. The predicted octanol–water partition coefficient (Wildman–Crippen LogP) is 3.77. The SMILES string of the molecule is CCCCCOC(=O)c1ccc(N2C[C@H](C(=O)OCC(=O)Nc3cccc(C(C)=O)c3)CC2=O)cc1. The smallest absolute Gasteiger partial charge is 0.338 e. The van der Waals surface area contributed by atoms with Gasteiger partial charge in [-0.3, -0.25) is 19.2 Å². The van der Waals surface area contributed by atoms with Gasteiger partial charge in [-0.25, -0.2) is 4.79 Å². The number of unbranched alkanes of at least 4 members (excludes halogenated alkanes) is 2. The van der Waals surface area contributed by atoms with Gasteiger partial charge in [-0.15, -0.1) is 0 Å². The molecule has 1 aliphatic heterocycles. The van der Waals surface area contributed by atoms with Gasteiger partial charge < -0.3 is 19.7 Å². The van der Waals surface area contributed by atoms with Crippen LogP contribution in [0.25, 0.3) is 0 Å². The molecule has 1 N–H and O–H groups in total. The van der Waals surface area contributed by atoms with E-state index < -0.39 is 30.4 Å². The lowest BCUT2D eigenvalue weighted by Crippen LogP contribution is -2.28. The minimum Gasteiger partial charge on any atom is -0.462 e. The summed E-state index contributed by atoms with van der Waals surface area (Å²) in [6.07, 6.45) is 2.80. The highest BCUT2D eigenvalue weighted by Crippen LogP contribution is 2.26. The van der Waals surface area contributed by atoms with E-state index in [0.717, 1.165) is 19.3 Å². The van der Waals surface area contributed by atoms with E-state index in [4.69, 9.17) is 9.47 Å². The van der Waals surface area contributed by atoms with Gasteiger partial charge in [0.05, 0.1) is 18.1 Å². The normalized spacial score (nSPS) is 14.9. The van der Waals surface area contributed by atoms with Gasteiger partial charge in [0.1, 0.15) is 0 Å². The molecule has 1 atom stereocenters. The van der Waals surface area contributed by atoms with Gasteiger partial charge in [0.15, 0.2) is 12.4 Å². The molecule has 0 bridgehead atoms. The molecule has 2 aromatic carbocycles. The van der Waals surface area contributed by atoms with Crippen molar-refractivity contribution in [2.24, 2.45) is 5.92 Å². The highest BCUT2D eigenvalue weighted by atomic mass is 16.5. The third-order valence-electron chi connectivity index (χ3n) is 5.75. The molecule has 36 heavy (non-hydrogen) atoms. The molecule has 9 nitrogen and oxygen atoms in total. The van der Waals surface area contributed by atoms with Crippen molar-refractivity contribution in [1.29, 1.82) is 0 Å². The molecule has 0 radical (unpaired) electrons. The fraction of sp³-hybridized carbons (Fsp3) is 0.370. The molecule has 0 saturated carbocycles. The number of hydrogen-bond acceptors (Lipinski definition) is 7. The zero-order valence-corrected chi connectivity index (χ0v) is 20.5. The molecule has 3 rings (SSSR count). The van der Waals surface area contributed by atoms with Gasteiger partial charge in [-0.1, -0.05) is 31.9 Å². The van der Waals surface area contributed by atoms with Crippen molar-refractivity contribution in [1.82, 2.24) is 0 Å². The number of Topliss-reactive ketones (excluding diaryl/α,β-unsaturated/α-hetero) is 1. The van der Waals surface area contributed by atoms with Crippen LogP contribution < -0.4 is 10.2 Å². The summed E-state index contributed by atoms with van der Waals surface area (Å²) in [6, 6.07) is 12.9. The number of benzene rings is 2. The van der Waals surface area contributed by atoms with Gasteiger partial charge in [0.25, 0.3) is 5.91 Å². The Morgan fingerprint density at radius 2 is 1.75 bits per heavy atom. The van der Waals surface area contributed by atoms with Crippen LogP contribution in [0.4, 0.5) is 11.4 Å². The first-order valence-corrected chi connectivity index (χ1v) is 11.9. The molecule has 190 valence electrons. The Hall–Kier alpha value is -4.01. The van der Waals surface area contributed by atoms with Crippen molar-refractivity contribution < 1.29 is 33.4 Å². The van der Waals surface area contributed by atoms with E-state index in [1.165, 1.54) is 17.9 Å². The van der Waals surface area contributed by atoms with E-state index in [1.54, 1.807) is 42.5 Å². The molecule has 9 heteroatoms. The summed E-state index contributed by atoms with van der Waals surface area (Å²) in [4.78, 5) is 62.2. The molecule has 0 aromatic heterocycles. The van der Waals surface area contributed by atoms with E-state index in [-0.39, 0.29) is 24.7 Å². The number of nitrogens with one attached hydrogen (secondary N) is 1. The predicted molar refractivity (Wildman–Crippen MR) is 133 cm³/mol. The van der Waals surface area contributed by atoms with Gasteiger partial charge in [-0.05, 0) is 49.7 Å². The first-order valence-electron chi connectivity index (χ1n) is 11.9. The van der Waals surface area contributed by atoms with Crippen molar-refractivity contribution >= 4 is 40.9 Å². The Morgan fingerprint density at radius 3 is 2.44 bits per heavy atom. The Morgan fingerprint density at radius 1 is 1.00 bits per heavy atom. The average molecular weight is 495 g/mol. The van der Waals surface area contributed by atoms with Crippen molar-refractivity contribution in [3.63, 3.8) is 0 Å². The van der Waals surface area contributed by atoms with E-state index >= 15 is 0 Å². The molecule has 0 aliphatic carbocycles. The van der Waals surface area contributed by atoms with Crippen LogP contribution >= 0.6 is 0 Å². The van der Waals surface area contributed by atoms with Gasteiger partial charge in [0.2, 0.25) is 5.91 Å². The summed E-state index contributed by atoms with van der Waals surface area (Å²) >= 11 is 0. The van der Waals surface area contributed by atoms with Gasteiger partial charge in [-0.2, -0.15) is 0 Å². The summed E-state index contributed by atoms with van der Waals surface area (Å²) in [5.74, 6) is -2.72. The number of rotatable bonds is 11. The Kier molecular flexibility index (Phi) is 9.32. The maximum absolute atomic E-state index is 12.5. The number of ketones is 1. The molecule has 1 saturated heterocycles. The van der Waals surface area contributed by atoms with Crippen LogP contribution in [-0.4, -0.2) is 49.3 Å². The van der Waals surface area contributed by atoms with Crippen molar-refractivity contribution in [2.75, 3.05) is 30.0 Å². The summed E-state index contributed by atoms with van der Waals surface area (Å²) in [5.41, 5.74) is 1.81. The number of amides is 2. The second-order valence-corrected chi connectivity index (χ2v) is 8.59. The fourth-order valence-electron chi connectivity index (χ4n) is 3.76. The lowest BCUT2D eigenvalue weighted by molar-refractivity contribution is -0.151.